The second-order valence-corrected chi connectivity index (χ2v) is 4.23. The Morgan fingerprint density at radius 3 is 2.88 bits per heavy atom. The van der Waals surface area contributed by atoms with Gasteiger partial charge in [0.25, 0.3) is 0 Å². The van der Waals surface area contributed by atoms with E-state index in [9.17, 15) is 5.11 Å². The Kier molecular flexibility index (Phi) is 3.14. The number of benzene rings is 1. The zero-order valence-corrected chi connectivity index (χ0v) is 9.35. The molecule has 0 amide bonds. The van der Waals surface area contributed by atoms with Gasteiger partial charge in [-0.05, 0) is 18.6 Å². The molecule has 1 aromatic carbocycles. The van der Waals surface area contributed by atoms with Crippen molar-refractivity contribution in [3.8, 4) is 5.75 Å². The normalized spacial score (nSPS) is 29.5. The molecule has 2 atom stereocenters. The third kappa shape index (κ3) is 2.35. The zero-order chi connectivity index (χ0) is 11.6. The SMILES string of the molecule is CC1(Cc2ccccc2O)OCC(CN)O1. The van der Waals surface area contributed by atoms with Gasteiger partial charge in [-0.2, -0.15) is 0 Å². The molecule has 3 N–H and O–H groups in total. The number of rotatable bonds is 3. The minimum Gasteiger partial charge on any atom is -0.508 e. The van der Waals surface area contributed by atoms with Crippen LogP contribution in [0.25, 0.3) is 0 Å². The summed E-state index contributed by atoms with van der Waals surface area (Å²) in [5.74, 6) is -0.407. The maximum Gasteiger partial charge on any atom is 0.170 e. The van der Waals surface area contributed by atoms with Gasteiger partial charge in [-0.25, -0.2) is 0 Å². The van der Waals surface area contributed by atoms with Crippen molar-refractivity contribution in [1.29, 1.82) is 0 Å². The molecule has 2 unspecified atom stereocenters. The molecule has 0 aliphatic carbocycles. The third-order valence-corrected chi connectivity index (χ3v) is 2.76. The Morgan fingerprint density at radius 1 is 1.50 bits per heavy atom. The molecule has 0 saturated carbocycles. The topological polar surface area (TPSA) is 64.7 Å². The average Bonchev–Trinajstić information content (AvgIpc) is 2.64. The standard InChI is InChI=1S/C12H17NO3/c1-12(15-8-10(7-13)16-12)6-9-4-2-3-5-11(9)14/h2-5,10,14H,6-8,13H2,1H3. The number of hydrogen-bond acceptors (Lipinski definition) is 4. The van der Waals surface area contributed by atoms with Gasteiger partial charge in [0, 0.05) is 13.0 Å². The van der Waals surface area contributed by atoms with Crippen molar-refractivity contribution in [2.75, 3.05) is 13.2 Å². The van der Waals surface area contributed by atoms with Gasteiger partial charge >= 0.3 is 0 Å². The lowest BCUT2D eigenvalue weighted by Gasteiger charge is -2.23. The van der Waals surface area contributed by atoms with E-state index < -0.39 is 5.79 Å². The van der Waals surface area contributed by atoms with Crippen LogP contribution in [0.4, 0.5) is 0 Å². The Bertz CT molecular complexity index is 369. The molecule has 4 nitrogen and oxygen atoms in total. The predicted octanol–water partition coefficient (Wildman–Crippen LogP) is 1.02. The monoisotopic (exact) mass is 223 g/mol. The molecule has 88 valence electrons. The van der Waals surface area contributed by atoms with Crippen LogP contribution in [-0.4, -0.2) is 30.1 Å². The fraction of sp³-hybridized carbons (Fsp3) is 0.500. The summed E-state index contributed by atoms with van der Waals surface area (Å²) < 4.78 is 11.3. The van der Waals surface area contributed by atoms with Gasteiger partial charge in [0.2, 0.25) is 0 Å². The summed E-state index contributed by atoms with van der Waals surface area (Å²) in [5, 5.41) is 9.67. The smallest absolute Gasteiger partial charge is 0.170 e. The van der Waals surface area contributed by atoms with Crippen LogP contribution in [-0.2, 0) is 15.9 Å². The Labute approximate surface area is 95.0 Å². The van der Waals surface area contributed by atoms with E-state index in [1.165, 1.54) is 0 Å². The average molecular weight is 223 g/mol. The van der Waals surface area contributed by atoms with Crippen LogP contribution < -0.4 is 5.73 Å². The molecule has 1 aliphatic rings. The van der Waals surface area contributed by atoms with Crippen molar-refractivity contribution < 1.29 is 14.6 Å². The Morgan fingerprint density at radius 2 is 2.25 bits per heavy atom. The van der Waals surface area contributed by atoms with Crippen molar-refractivity contribution >= 4 is 0 Å². The Balaban J connectivity index is 2.08. The quantitative estimate of drug-likeness (QED) is 0.803. The highest BCUT2D eigenvalue weighted by Gasteiger charge is 2.37. The highest BCUT2D eigenvalue weighted by molar-refractivity contribution is 5.32. The van der Waals surface area contributed by atoms with Crippen molar-refractivity contribution in [3.05, 3.63) is 29.8 Å². The van der Waals surface area contributed by atoms with Gasteiger partial charge < -0.3 is 20.3 Å². The van der Waals surface area contributed by atoms with Gasteiger partial charge in [0.15, 0.2) is 5.79 Å². The first-order valence-electron chi connectivity index (χ1n) is 5.42. The molecule has 0 aromatic heterocycles. The third-order valence-electron chi connectivity index (χ3n) is 2.76. The lowest BCUT2D eigenvalue weighted by atomic mass is 10.1. The number of para-hydroxylation sites is 1. The number of phenolic OH excluding ortho intramolecular Hbond substituents is 1. The summed E-state index contributed by atoms with van der Waals surface area (Å²) in [4.78, 5) is 0. The van der Waals surface area contributed by atoms with Gasteiger partial charge in [0.1, 0.15) is 5.75 Å². The van der Waals surface area contributed by atoms with E-state index in [0.29, 0.717) is 19.6 Å². The number of ether oxygens (including phenoxy) is 2. The largest absolute Gasteiger partial charge is 0.508 e. The van der Waals surface area contributed by atoms with E-state index >= 15 is 0 Å². The fourth-order valence-corrected chi connectivity index (χ4v) is 1.90. The van der Waals surface area contributed by atoms with Gasteiger partial charge in [0.05, 0.1) is 12.7 Å². The molecule has 2 rings (SSSR count). The molecule has 0 bridgehead atoms. The lowest BCUT2D eigenvalue weighted by molar-refractivity contribution is -0.151. The molecule has 1 aromatic rings. The fourth-order valence-electron chi connectivity index (χ4n) is 1.90. The van der Waals surface area contributed by atoms with E-state index in [1.54, 1.807) is 12.1 Å². The molecule has 1 heterocycles. The second kappa shape index (κ2) is 4.41. The summed E-state index contributed by atoms with van der Waals surface area (Å²) in [5.41, 5.74) is 6.35. The van der Waals surface area contributed by atoms with E-state index in [2.05, 4.69) is 0 Å². The number of hydrogen-bond donors (Lipinski definition) is 2. The van der Waals surface area contributed by atoms with Crippen LogP contribution in [0.3, 0.4) is 0 Å². The Hall–Kier alpha value is -1.10. The second-order valence-electron chi connectivity index (χ2n) is 4.23. The highest BCUT2D eigenvalue weighted by Crippen LogP contribution is 2.29. The summed E-state index contributed by atoms with van der Waals surface area (Å²) >= 11 is 0. The molecule has 1 saturated heterocycles. The molecule has 1 aliphatic heterocycles. The van der Waals surface area contributed by atoms with Crippen LogP contribution in [0.1, 0.15) is 12.5 Å². The van der Waals surface area contributed by atoms with Crippen molar-refractivity contribution in [2.24, 2.45) is 5.73 Å². The van der Waals surface area contributed by atoms with Crippen LogP contribution in [0.2, 0.25) is 0 Å². The van der Waals surface area contributed by atoms with E-state index in [4.69, 9.17) is 15.2 Å². The van der Waals surface area contributed by atoms with Crippen molar-refractivity contribution in [3.63, 3.8) is 0 Å². The molecule has 16 heavy (non-hydrogen) atoms. The minimum atomic E-state index is -0.678. The van der Waals surface area contributed by atoms with Gasteiger partial charge in [-0.15, -0.1) is 0 Å². The van der Waals surface area contributed by atoms with Crippen LogP contribution in [0.5, 0.6) is 5.75 Å². The zero-order valence-electron chi connectivity index (χ0n) is 9.35. The number of aromatic hydroxyl groups is 1. The summed E-state index contributed by atoms with van der Waals surface area (Å²) in [6.45, 7) is 2.84. The molecule has 1 fully saturated rings. The van der Waals surface area contributed by atoms with Crippen molar-refractivity contribution in [1.82, 2.24) is 0 Å². The molecule has 0 radical (unpaired) electrons. The highest BCUT2D eigenvalue weighted by atomic mass is 16.7. The van der Waals surface area contributed by atoms with Crippen LogP contribution in [0.15, 0.2) is 24.3 Å². The molecular weight excluding hydrogens is 206 g/mol. The first-order chi connectivity index (χ1) is 7.63. The van der Waals surface area contributed by atoms with Crippen molar-refractivity contribution in [2.45, 2.75) is 25.2 Å². The maximum absolute atomic E-state index is 9.67. The summed E-state index contributed by atoms with van der Waals surface area (Å²) in [6, 6.07) is 7.20. The van der Waals surface area contributed by atoms with Gasteiger partial charge in [-0.3, -0.25) is 0 Å². The first-order valence-corrected chi connectivity index (χ1v) is 5.42. The van der Waals surface area contributed by atoms with E-state index in [1.807, 2.05) is 19.1 Å². The summed E-state index contributed by atoms with van der Waals surface area (Å²) in [6.07, 6.45) is 0.478. The van der Waals surface area contributed by atoms with E-state index in [-0.39, 0.29) is 11.9 Å². The van der Waals surface area contributed by atoms with E-state index in [0.717, 1.165) is 5.56 Å². The number of phenols is 1. The van der Waals surface area contributed by atoms with Gasteiger partial charge in [-0.1, -0.05) is 18.2 Å². The lowest BCUT2D eigenvalue weighted by Crippen LogP contribution is -2.31. The molecular formula is C12H17NO3. The summed E-state index contributed by atoms with van der Waals surface area (Å²) in [7, 11) is 0. The first kappa shape index (κ1) is 11.4. The maximum atomic E-state index is 9.67. The van der Waals surface area contributed by atoms with Crippen LogP contribution in [0, 0.1) is 0 Å². The minimum absolute atomic E-state index is 0.0455. The number of nitrogens with two attached hydrogens (primary N) is 1. The predicted molar refractivity (Wildman–Crippen MR) is 60.1 cm³/mol. The molecule has 0 spiro atoms. The van der Waals surface area contributed by atoms with Crippen LogP contribution >= 0.6 is 0 Å². The molecule has 4 heteroatoms.